The third-order valence-electron chi connectivity index (χ3n) is 3.58. The highest BCUT2D eigenvalue weighted by Crippen LogP contribution is 2.30. The van der Waals surface area contributed by atoms with Gasteiger partial charge in [0.1, 0.15) is 0 Å². The van der Waals surface area contributed by atoms with Gasteiger partial charge in [0.05, 0.1) is 10.6 Å². The molecule has 1 aliphatic carbocycles. The minimum Gasteiger partial charge on any atom is -0.346 e. The monoisotopic (exact) mass is 251 g/mol. The van der Waals surface area contributed by atoms with Gasteiger partial charge in [-0.05, 0) is 19.8 Å². The number of aldehydes is 1. The van der Waals surface area contributed by atoms with Crippen molar-refractivity contribution < 1.29 is 4.79 Å². The Morgan fingerprint density at radius 1 is 1.29 bits per heavy atom. The number of anilines is 1. The van der Waals surface area contributed by atoms with E-state index in [0.717, 1.165) is 54.2 Å². The summed E-state index contributed by atoms with van der Waals surface area (Å²) in [6, 6.07) is 0.862. The largest absolute Gasteiger partial charge is 0.346 e. The standard InChI is InChI=1S/C12H17N3OS/c1-9-11(8-16)17-12(13-9)15-6-4-14(5-7-15)10-2-3-10/h8,10H,2-7H2,1H3. The Bertz CT molecular complexity index is 419. The molecule has 1 aliphatic heterocycles. The van der Waals surface area contributed by atoms with E-state index in [1.807, 2.05) is 6.92 Å². The summed E-state index contributed by atoms with van der Waals surface area (Å²) in [5, 5.41) is 1.01. The SMILES string of the molecule is Cc1nc(N2CCN(C3CC3)CC2)sc1C=O. The van der Waals surface area contributed by atoms with Crippen molar-refractivity contribution in [3.63, 3.8) is 0 Å². The van der Waals surface area contributed by atoms with Crippen molar-refractivity contribution in [3.8, 4) is 0 Å². The van der Waals surface area contributed by atoms with Crippen LogP contribution < -0.4 is 4.90 Å². The van der Waals surface area contributed by atoms with Crippen molar-refractivity contribution in [2.24, 2.45) is 0 Å². The van der Waals surface area contributed by atoms with Gasteiger partial charge in [-0.3, -0.25) is 9.69 Å². The Balaban J connectivity index is 1.66. The molecule has 0 amide bonds. The maximum atomic E-state index is 10.8. The number of thiazole rings is 1. The molecule has 1 aromatic heterocycles. The quantitative estimate of drug-likeness (QED) is 0.764. The molecule has 4 nitrogen and oxygen atoms in total. The molecule has 0 unspecified atom stereocenters. The zero-order valence-corrected chi connectivity index (χ0v) is 10.9. The summed E-state index contributed by atoms with van der Waals surface area (Å²) in [5.74, 6) is 0. The van der Waals surface area contributed by atoms with Crippen LogP contribution in [-0.2, 0) is 0 Å². The van der Waals surface area contributed by atoms with Gasteiger partial charge >= 0.3 is 0 Å². The van der Waals surface area contributed by atoms with Gasteiger partial charge in [-0.25, -0.2) is 4.98 Å². The Kier molecular flexibility index (Phi) is 2.88. The van der Waals surface area contributed by atoms with E-state index in [1.54, 1.807) is 0 Å². The molecule has 0 spiro atoms. The maximum Gasteiger partial charge on any atom is 0.186 e. The predicted molar refractivity (Wildman–Crippen MR) is 69.0 cm³/mol. The Labute approximate surface area is 105 Å². The molecule has 2 aliphatic rings. The molecule has 2 fully saturated rings. The fourth-order valence-electron chi connectivity index (χ4n) is 2.36. The lowest BCUT2D eigenvalue weighted by atomic mass is 10.3. The van der Waals surface area contributed by atoms with Crippen molar-refractivity contribution in [2.45, 2.75) is 25.8 Å². The molecular weight excluding hydrogens is 234 g/mol. The van der Waals surface area contributed by atoms with Crippen molar-refractivity contribution in [2.75, 3.05) is 31.1 Å². The Morgan fingerprint density at radius 3 is 2.53 bits per heavy atom. The molecule has 0 atom stereocenters. The van der Waals surface area contributed by atoms with E-state index in [-0.39, 0.29) is 0 Å². The summed E-state index contributed by atoms with van der Waals surface area (Å²) in [6.07, 6.45) is 3.67. The van der Waals surface area contributed by atoms with E-state index >= 15 is 0 Å². The number of nitrogens with zero attached hydrogens (tertiary/aromatic N) is 3. The first-order chi connectivity index (χ1) is 8.28. The molecule has 2 heterocycles. The zero-order chi connectivity index (χ0) is 11.8. The van der Waals surface area contributed by atoms with E-state index < -0.39 is 0 Å². The average molecular weight is 251 g/mol. The number of piperazine rings is 1. The molecule has 0 aromatic carbocycles. The summed E-state index contributed by atoms with van der Waals surface area (Å²) in [5.41, 5.74) is 0.865. The van der Waals surface area contributed by atoms with E-state index in [4.69, 9.17) is 0 Å². The number of carbonyl (C=O) groups is 1. The first-order valence-corrected chi connectivity index (χ1v) is 7.01. The third kappa shape index (κ3) is 2.21. The number of aryl methyl sites for hydroxylation is 1. The molecule has 1 aromatic rings. The summed E-state index contributed by atoms with van der Waals surface area (Å²) in [6.45, 7) is 6.27. The molecule has 0 radical (unpaired) electrons. The van der Waals surface area contributed by atoms with Crippen LogP contribution in [0, 0.1) is 6.92 Å². The van der Waals surface area contributed by atoms with Gasteiger partial charge in [-0.1, -0.05) is 11.3 Å². The van der Waals surface area contributed by atoms with Gasteiger partial charge in [0.2, 0.25) is 0 Å². The molecule has 17 heavy (non-hydrogen) atoms. The second-order valence-corrected chi connectivity index (χ2v) is 5.83. The highest BCUT2D eigenvalue weighted by atomic mass is 32.1. The Hall–Kier alpha value is -0.940. The van der Waals surface area contributed by atoms with Gasteiger partial charge in [0, 0.05) is 32.2 Å². The molecule has 1 saturated carbocycles. The number of rotatable bonds is 3. The summed E-state index contributed by atoms with van der Waals surface area (Å²) in [7, 11) is 0. The topological polar surface area (TPSA) is 36.4 Å². The summed E-state index contributed by atoms with van der Waals surface area (Å²) >= 11 is 1.52. The number of hydrogen-bond donors (Lipinski definition) is 0. The summed E-state index contributed by atoms with van der Waals surface area (Å²) < 4.78 is 0. The number of hydrogen-bond acceptors (Lipinski definition) is 5. The van der Waals surface area contributed by atoms with Crippen LogP contribution in [-0.4, -0.2) is 48.4 Å². The lowest BCUT2D eigenvalue weighted by Crippen LogP contribution is -2.47. The van der Waals surface area contributed by atoms with Crippen LogP contribution in [0.25, 0.3) is 0 Å². The van der Waals surface area contributed by atoms with Crippen LogP contribution in [0.2, 0.25) is 0 Å². The van der Waals surface area contributed by atoms with E-state index in [1.165, 1.54) is 24.2 Å². The lowest BCUT2D eigenvalue weighted by molar-refractivity contribution is 0.112. The summed E-state index contributed by atoms with van der Waals surface area (Å²) in [4.78, 5) is 21.0. The second kappa shape index (κ2) is 4.38. The van der Waals surface area contributed by atoms with Crippen LogP contribution in [0.3, 0.4) is 0 Å². The highest BCUT2D eigenvalue weighted by Gasteiger charge is 2.31. The average Bonchev–Trinajstić information content (AvgIpc) is 3.13. The lowest BCUT2D eigenvalue weighted by Gasteiger charge is -2.34. The number of carbonyl (C=O) groups excluding carboxylic acids is 1. The smallest absolute Gasteiger partial charge is 0.186 e. The van der Waals surface area contributed by atoms with Crippen LogP contribution in [0.5, 0.6) is 0 Å². The molecule has 0 bridgehead atoms. The molecule has 1 saturated heterocycles. The second-order valence-electron chi connectivity index (χ2n) is 4.82. The molecule has 3 rings (SSSR count). The maximum absolute atomic E-state index is 10.8. The van der Waals surface area contributed by atoms with Crippen molar-refractivity contribution in [3.05, 3.63) is 10.6 Å². The first kappa shape index (κ1) is 11.2. The predicted octanol–water partition coefficient (Wildman–Crippen LogP) is 1.55. The van der Waals surface area contributed by atoms with E-state index in [9.17, 15) is 4.79 Å². The zero-order valence-electron chi connectivity index (χ0n) is 10.1. The normalized spacial score (nSPS) is 21.8. The fraction of sp³-hybridized carbons (Fsp3) is 0.667. The van der Waals surface area contributed by atoms with Crippen molar-refractivity contribution in [1.82, 2.24) is 9.88 Å². The highest BCUT2D eigenvalue weighted by molar-refractivity contribution is 7.17. The molecule has 5 heteroatoms. The van der Waals surface area contributed by atoms with E-state index in [2.05, 4.69) is 14.8 Å². The van der Waals surface area contributed by atoms with Crippen molar-refractivity contribution >= 4 is 22.8 Å². The molecule has 92 valence electrons. The van der Waals surface area contributed by atoms with E-state index in [0.29, 0.717) is 0 Å². The van der Waals surface area contributed by atoms with Crippen LogP contribution in [0.4, 0.5) is 5.13 Å². The van der Waals surface area contributed by atoms with Gasteiger partial charge in [-0.15, -0.1) is 0 Å². The minimum atomic E-state index is 0.768. The van der Waals surface area contributed by atoms with Gasteiger partial charge in [0.25, 0.3) is 0 Å². The van der Waals surface area contributed by atoms with Crippen molar-refractivity contribution in [1.29, 1.82) is 0 Å². The van der Waals surface area contributed by atoms with Gasteiger partial charge in [-0.2, -0.15) is 0 Å². The third-order valence-corrected chi connectivity index (χ3v) is 4.72. The number of aromatic nitrogens is 1. The fourth-order valence-corrected chi connectivity index (χ4v) is 3.29. The van der Waals surface area contributed by atoms with Crippen LogP contribution >= 0.6 is 11.3 Å². The Morgan fingerprint density at radius 2 is 2.00 bits per heavy atom. The first-order valence-electron chi connectivity index (χ1n) is 6.19. The van der Waals surface area contributed by atoms with Crippen LogP contribution in [0.1, 0.15) is 28.2 Å². The van der Waals surface area contributed by atoms with Gasteiger partial charge in [0.15, 0.2) is 11.4 Å². The van der Waals surface area contributed by atoms with Crippen LogP contribution in [0.15, 0.2) is 0 Å². The van der Waals surface area contributed by atoms with Gasteiger partial charge < -0.3 is 4.90 Å². The minimum absolute atomic E-state index is 0.768. The molecule has 0 N–H and O–H groups in total. The molecular formula is C12H17N3OS.